The number of carbonyl (C=O) groups is 2. The Kier molecular flexibility index (Phi) is 6.02. The third kappa shape index (κ3) is 8.68. The Hall–Kier alpha value is -1.64. The van der Waals surface area contributed by atoms with E-state index in [-0.39, 0.29) is 11.7 Å². The lowest BCUT2D eigenvalue weighted by Crippen LogP contribution is -2.05. The van der Waals surface area contributed by atoms with Gasteiger partial charge < -0.3 is 10.1 Å². The highest BCUT2D eigenvalue weighted by molar-refractivity contribution is 5.88. The van der Waals surface area contributed by atoms with Gasteiger partial charge in [-0.3, -0.25) is 4.79 Å². The molecule has 0 bridgehead atoms. The molecule has 1 rings (SSSR count). The third-order valence-corrected chi connectivity index (χ3v) is 1.34. The van der Waals surface area contributed by atoms with Gasteiger partial charge in [0.05, 0.1) is 0 Å². The topological polar surface area (TPSA) is 46.2 Å². The summed E-state index contributed by atoms with van der Waals surface area (Å²) in [6.07, 6.45) is 0. The maximum atomic E-state index is 10.6. The molecule has 3 nitrogen and oxygen atoms in total. The first-order chi connectivity index (χ1) is 6.91. The second-order valence-corrected chi connectivity index (χ2v) is 3.46. The van der Waals surface area contributed by atoms with Gasteiger partial charge in [0.15, 0.2) is 0 Å². The molecule has 0 radical (unpaired) electrons. The summed E-state index contributed by atoms with van der Waals surface area (Å²) in [5.41, 5.74) is 2.01. The Labute approximate surface area is 90.5 Å². The Morgan fingerprint density at radius 1 is 1.13 bits per heavy atom. The summed E-state index contributed by atoms with van der Waals surface area (Å²) in [6.45, 7) is 6.55. The number of amides is 1. The number of aryl methyl sites for hydroxylation is 1. The summed E-state index contributed by atoms with van der Waals surface area (Å²) < 4.78 is 0. The van der Waals surface area contributed by atoms with Gasteiger partial charge in [-0.15, -0.1) is 0 Å². The van der Waals surface area contributed by atoms with Gasteiger partial charge in [-0.1, -0.05) is 12.1 Å². The Bertz CT molecular complexity index is 341. The van der Waals surface area contributed by atoms with E-state index < -0.39 is 0 Å². The molecule has 1 amide bonds. The van der Waals surface area contributed by atoms with Crippen LogP contribution >= 0.6 is 0 Å². The molecule has 0 aliphatic carbocycles. The van der Waals surface area contributed by atoms with Gasteiger partial charge in [0.25, 0.3) is 0 Å². The summed E-state index contributed by atoms with van der Waals surface area (Å²) in [5, 5.41) is 2.71. The molecule has 82 valence electrons. The molecule has 1 aromatic rings. The fourth-order valence-electron chi connectivity index (χ4n) is 0.926. The molecule has 0 saturated carbocycles. The van der Waals surface area contributed by atoms with Crippen LogP contribution in [0.15, 0.2) is 24.3 Å². The Morgan fingerprint density at radius 2 is 1.67 bits per heavy atom. The van der Waals surface area contributed by atoms with Crippen molar-refractivity contribution in [1.29, 1.82) is 0 Å². The number of hydrogen-bond donors (Lipinski definition) is 1. The second-order valence-electron chi connectivity index (χ2n) is 3.46. The number of benzene rings is 1. The van der Waals surface area contributed by atoms with Gasteiger partial charge in [-0.25, -0.2) is 0 Å². The zero-order valence-corrected chi connectivity index (χ0v) is 9.63. The normalized spacial score (nSPS) is 8.53. The molecule has 0 spiro atoms. The largest absolute Gasteiger partial charge is 0.326 e. The quantitative estimate of drug-likeness (QED) is 0.769. The molecule has 0 unspecified atom stereocenters. The number of anilines is 1. The Balaban J connectivity index is 0.000000423. The van der Waals surface area contributed by atoms with E-state index >= 15 is 0 Å². The molecule has 0 heterocycles. The molecule has 0 atom stereocenters. The molecule has 0 aromatic heterocycles. The van der Waals surface area contributed by atoms with Gasteiger partial charge in [0.1, 0.15) is 5.78 Å². The number of ketones is 1. The highest BCUT2D eigenvalue weighted by atomic mass is 16.1. The van der Waals surface area contributed by atoms with Crippen molar-refractivity contribution in [2.75, 3.05) is 5.32 Å². The second kappa shape index (κ2) is 6.76. The van der Waals surface area contributed by atoms with E-state index in [0.717, 1.165) is 11.3 Å². The molecule has 3 heteroatoms. The molecule has 1 N–H and O–H groups in total. The van der Waals surface area contributed by atoms with Gasteiger partial charge in [0.2, 0.25) is 5.91 Å². The number of rotatable bonds is 1. The molecular weight excluding hydrogens is 190 g/mol. The fraction of sp³-hybridized carbons (Fsp3) is 0.333. The van der Waals surface area contributed by atoms with E-state index in [4.69, 9.17) is 0 Å². The molecule has 15 heavy (non-hydrogen) atoms. The van der Waals surface area contributed by atoms with Gasteiger partial charge in [-0.05, 0) is 38.5 Å². The zero-order valence-electron chi connectivity index (χ0n) is 9.63. The first kappa shape index (κ1) is 13.4. The summed E-state index contributed by atoms with van der Waals surface area (Å²) in [7, 11) is 0. The molecule has 0 aliphatic rings. The van der Waals surface area contributed by atoms with E-state index in [1.54, 1.807) is 0 Å². The van der Waals surface area contributed by atoms with Crippen molar-refractivity contribution in [3.63, 3.8) is 0 Å². The van der Waals surface area contributed by atoms with Crippen molar-refractivity contribution in [2.45, 2.75) is 27.7 Å². The van der Waals surface area contributed by atoms with E-state index in [1.807, 2.05) is 31.2 Å². The lowest BCUT2D eigenvalue weighted by atomic mass is 10.2. The summed E-state index contributed by atoms with van der Waals surface area (Å²) >= 11 is 0. The van der Waals surface area contributed by atoms with E-state index in [2.05, 4.69) is 5.32 Å². The van der Waals surface area contributed by atoms with Crippen LogP contribution in [-0.2, 0) is 9.59 Å². The van der Waals surface area contributed by atoms with Gasteiger partial charge in [-0.2, -0.15) is 0 Å². The first-order valence-electron chi connectivity index (χ1n) is 4.73. The van der Waals surface area contributed by atoms with Crippen LogP contribution in [0.2, 0.25) is 0 Å². The fourth-order valence-corrected chi connectivity index (χ4v) is 0.926. The van der Waals surface area contributed by atoms with Crippen LogP contribution < -0.4 is 5.32 Å². The molecule has 0 saturated heterocycles. The van der Waals surface area contributed by atoms with Crippen molar-refractivity contribution >= 4 is 17.4 Å². The van der Waals surface area contributed by atoms with E-state index in [1.165, 1.54) is 20.8 Å². The smallest absolute Gasteiger partial charge is 0.221 e. The molecular formula is C12H17NO2. The minimum absolute atomic E-state index is 0.0319. The number of carbonyl (C=O) groups excluding carboxylic acids is 2. The van der Waals surface area contributed by atoms with Gasteiger partial charge >= 0.3 is 0 Å². The van der Waals surface area contributed by atoms with Crippen LogP contribution in [0.3, 0.4) is 0 Å². The van der Waals surface area contributed by atoms with Crippen LogP contribution in [0.1, 0.15) is 26.3 Å². The minimum Gasteiger partial charge on any atom is -0.326 e. The first-order valence-corrected chi connectivity index (χ1v) is 4.73. The number of nitrogens with one attached hydrogen (secondary N) is 1. The third-order valence-electron chi connectivity index (χ3n) is 1.34. The highest BCUT2D eigenvalue weighted by Gasteiger charge is 1.93. The summed E-state index contributed by atoms with van der Waals surface area (Å²) in [4.78, 5) is 20.1. The van der Waals surface area contributed by atoms with Crippen molar-refractivity contribution in [3.8, 4) is 0 Å². The average molecular weight is 207 g/mol. The van der Waals surface area contributed by atoms with Crippen LogP contribution in [0.4, 0.5) is 5.69 Å². The Morgan fingerprint density at radius 3 is 2.07 bits per heavy atom. The maximum absolute atomic E-state index is 10.6. The number of Topliss-reactive ketones (excluding diaryl/α,β-unsaturated/α-hetero) is 1. The van der Waals surface area contributed by atoms with E-state index in [0.29, 0.717) is 0 Å². The van der Waals surface area contributed by atoms with Crippen LogP contribution in [0.25, 0.3) is 0 Å². The molecule has 0 fully saturated rings. The number of hydrogen-bond acceptors (Lipinski definition) is 2. The lowest BCUT2D eigenvalue weighted by molar-refractivity contribution is -0.115. The van der Waals surface area contributed by atoms with Crippen LogP contribution in [0.5, 0.6) is 0 Å². The monoisotopic (exact) mass is 207 g/mol. The lowest BCUT2D eigenvalue weighted by Gasteiger charge is -2.01. The average Bonchev–Trinajstić information content (AvgIpc) is 2.00. The predicted octanol–water partition coefficient (Wildman–Crippen LogP) is 2.55. The maximum Gasteiger partial charge on any atom is 0.221 e. The molecule has 1 aromatic carbocycles. The predicted molar refractivity (Wildman–Crippen MR) is 61.8 cm³/mol. The van der Waals surface area contributed by atoms with Crippen molar-refractivity contribution in [3.05, 3.63) is 29.8 Å². The summed E-state index contributed by atoms with van der Waals surface area (Å²) in [6, 6.07) is 7.71. The zero-order chi connectivity index (χ0) is 11.8. The minimum atomic E-state index is -0.0319. The highest BCUT2D eigenvalue weighted by Crippen LogP contribution is 2.08. The van der Waals surface area contributed by atoms with Gasteiger partial charge in [0, 0.05) is 12.6 Å². The van der Waals surface area contributed by atoms with Crippen LogP contribution in [0, 0.1) is 6.92 Å². The summed E-state index contributed by atoms with van der Waals surface area (Å²) in [5.74, 6) is 0.135. The van der Waals surface area contributed by atoms with Crippen molar-refractivity contribution < 1.29 is 9.59 Å². The standard InChI is InChI=1S/C9H11NO.C3H6O/c1-7-4-3-5-9(6-7)10-8(2)11;1-3(2)4/h3-6H,1-2H3,(H,10,11);1-2H3. The van der Waals surface area contributed by atoms with Crippen molar-refractivity contribution in [1.82, 2.24) is 0 Å². The molecule has 0 aliphatic heterocycles. The van der Waals surface area contributed by atoms with Crippen LogP contribution in [-0.4, -0.2) is 11.7 Å². The van der Waals surface area contributed by atoms with Crippen molar-refractivity contribution in [2.24, 2.45) is 0 Å². The SMILES string of the molecule is CC(=O)Nc1cccc(C)c1.CC(C)=O. The van der Waals surface area contributed by atoms with E-state index in [9.17, 15) is 9.59 Å².